The molecular weight excluding hydrogens is 103 g/mol. The summed E-state index contributed by atoms with van der Waals surface area (Å²) >= 11 is 0. The van der Waals surface area contributed by atoms with Crippen molar-refractivity contribution in [3.63, 3.8) is 0 Å². The molecule has 0 aromatic carbocycles. The third kappa shape index (κ3) is 82.5. The molecule has 0 saturated heterocycles. The van der Waals surface area contributed by atoms with E-state index >= 15 is 0 Å². The van der Waals surface area contributed by atoms with E-state index in [0.717, 1.165) is 0 Å². The van der Waals surface area contributed by atoms with Gasteiger partial charge in [-0.3, -0.25) is 0 Å². The van der Waals surface area contributed by atoms with Gasteiger partial charge in [0, 0.05) is 0 Å². The van der Waals surface area contributed by atoms with Crippen molar-refractivity contribution in [2.75, 3.05) is 0 Å². The molecule has 0 aliphatic rings. The van der Waals surface area contributed by atoms with E-state index in [1.807, 2.05) is 0 Å². The number of hydrogen-bond acceptors (Lipinski definition) is 3. The zero-order valence-corrected chi connectivity index (χ0v) is 5.45. The molecule has 0 heterocycles. The van der Waals surface area contributed by atoms with E-state index in [1.165, 1.54) is 0 Å². The largest absolute Gasteiger partial charge is 1.00 e. The molecule has 0 aromatic heterocycles. The van der Waals surface area contributed by atoms with Crippen molar-refractivity contribution < 1.29 is 43.6 Å². The third-order valence-corrected chi connectivity index (χ3v) is 0. The van der Waals surface area contributed by atoms with Crippen LogP contribution in [0.15, 0.2) is 0 Å². The normalized spacial score (nSPS) is 4.80. The molecule has 26 valence electrons. The standard InChI is InChI=1S/Na.O3S.H/c;1-4(2)3;/q+1;;-1. The Balaban J connectivity index is -0.0000000450. The summed E-state index contributed by atoms with van der Waals surface area (Å²) < 4.78 is 25.3. The predicted molar refractivity (Wildman–Crippen MR) is 10.8 cm³/mol. The molecule has 0 radical (unpaired) electrons. The first-order valence-corrected chi connectivity index (χ1v) is 1.50. The van der Waals surface area contributed by atoms with E-state index in [4.69, 9.17) is 12.6 Å². The van der Waals surface area contributed by atoms with Crippen LogP contribution in [0.2, 0.25) is 0 Å². The molecule has 0 atom stereocenters. The fraction of sp³-hybridized carbons (Fsp3) is 0. The maximum absolute atomic E-state index is 8.44. The Morgan fingerprint density at radius 1 is 1.20 bits per heavy atom. The Labute approximate surface area is 54.2 Å². The van der Waals surface area contributed by atoms with Crippen LogP contribution in [-0.2, 0) is 10.6 Å². The van der Waals surface area contributed by atoms with Gasteiger partial charge in [0.2, 0.25) is 0 Å². The van der Waals surface area contributed by atoms with Gasteiger partial charge in [-0.15, -0.1) is 12.6 Å². The molecule has 0 aliphatic heterocycles. The number of rotatable bonds is 0. The molecule has 0 fully saturated rings. The van der Waals surface area contributed by atoms with Gasteiger partial charge in [0.05, 0.1) is 0 Å². The van der Waals surface area contributed by atoms with E-state index < -0.39 is 10.6 Å². The Hall–Kier alpha value is 0.620. The Bertz CT molecular complexity index is 80.2. The maximum Gasteiger partial charge on any atom is 1.00 e. The summed E-state index contributed by atoms with van der Waals surface area (Å²) in [5.74, 6) is 0. The molecule has 0 rings (SSSR count). The molecular formula is HNaO3S. The average Bonchev–Trinajstić information content (AvgIpc) is 0.811. The second-order valence-corrected chi connectivity index (χ2v) is 0.612. The molecule has 3 nitrogen and oxygen atoms in total. The maximum atomic E-state index is 8.44. The van der Waals surface area contributed by atoms with Crippen LogP contribution in [0.1, 0.15) is 1.43 Å². The van der Waals surface area contributed by atoms with Gasteiger partial charge in [-0.05, 0) is 0 Å². The average molecular weight is 104 g/mol. The summed E-state index contributed by atoms with van der Waals surface area (Å²) in [6.07, 6.45) is 0. The molecule has 0 bridgehead atoms. The van der Waals surface area contributed by atoms with Crippen molar-refractivity contribution in [1.29, 1.82) is 0 Å². The monoisotopic (exact) mass is 104 g/mol. The van der Waals surface area contributed by atoms with Crippen molar-refractivity contribution >= 4 is 10.6 Å². The minimum atomic E-state index is -3.11. The van der Waals surface area contributed by atoms with E-state index in [-0.39, 0.29) is 31.0 Å². The Kier molecular flexibility index (Phi) is 8.46. The molecule has 0 amide bonds. The topological polar surface area (TPSA) is 51.2 Å². The molecule has 0 aromatic rings. The van der Waals surface area contributed by atoms with Gasteiger partial charge in [0.1, 0.15) is 0 Å². The molecule has 0 aliphatic carbocycles. The van der Waals surface area contributed by atoms with E-state index in [2.05, 4.69) is 0 Å². The van der Waals surface area contributed by atoms with Gasteiger partial charge in [-0.25, -0.2) is 0 Å². The Morgan fingerprint density at radius 2 is 1.20 bits per heavy atom. The van der Waals surface area contributed by atoms with Crippen molar-refractivity contribution in [2.45, 2.75) is 0 Å². The molecule has 5 heavy (non-hydrogen) atoms. The van der Waals surface area contributed by atoms with Crippen LogP contribution in [0.3, 0.4) is 0 Å². The fourth-order valence-corrected chi connectivity index (χ4v) is 0. The second-order valence-electron chi connectivity index (χ2n) is 0.204. The first kappa shape index (κ1) is 9.15. The molecule has 0 spiro atoms. The fourth-order valence-electron chi connectivity index (χ4n) is 0. The summed E-state index contributed by atoms with van der Waals surface area (Å²) in [6, 6.07) is 0. The quantitative estimate of drug-likeness (QED) is 0.295. The summed E-state index contributed by atoms with van der Waals surface area (Å²) in [4.78, 5) is 0. The van der Waals surface area contributed by atoms with Gasteiger partial charge >= 0.3 is 40.2 Å². The summed E-state index contributed by atoms with van der Waals surface area (Å²) in [7, 11) is -3.11. The van der Waals surface area contributed by atoms with Crippen molar-refractivity contribution in [3.8, 4) is 0 Å². The third-order valence-electron chi connectivity index (χ3n) is 0. The van der Waals surface area contributed by atoms with Crippen molar-refractivity contribution in [2.24, 2.45) is 0 Å². The van der Waals surface area contributed by atoms with Crippen LogP contribution in [0.4, 0.5) is 0 Å². The SMILES string of the molecule is O=S(=O)=O.[H-].[Na+]. The van der Waals surface area contributed by atoms with Gasteiger partial charge in [0.25, 0.3) is 0 Å². The van der Waals surface area contributed by atoms with Gasteiger partial charge in [-0.1, -0.05) is 0 Å². The summed E-state index contributed by atoms with van der Waals surface area (Å²) in [6.45, 7) is 0. The minimum Gasteiger partial charge on any atom is -1.00 e. The van der Waals surface area contributed by atoms with Crippen LogP contribution in [0, 0.1) is 0 Å². The molecule has 0 saturated carbocycles. The first-order chi connectivity index (χ1) is 1.73. The van der Waals surface area contributed by atoms with Gasteiger partial charge in [-0.2, -0.15) is 0 Å². The first-order valence-electron chi connectivity index (χ1n) is 0.500. The van der Waals surface area contributed by atoms with Gasteiger partial charge < -0.3 is 1.43 Å². The van der Waals surface area contributed by atoms with E-state index in [1.54, 1.807) is 0 Å². The zero-order chi connectivity index (χ0) is 3.58. The van der Waals surface area contributed by atoms with Crippen LogP contribution in [-0.4, -0.2) is 12.6 Å². The smallest absolute Gasteiger partial charge is 1.00 e. The molecule has 5 heteroatoms. The summed E-state index contributed by atoms with van der Waals surface area (Å²) in [5, 5.41) is 0. The van der Waals surface area contributed by atoms with Crippen LogP contribution in [0.25, 0.3) is 0 Å². The van der Waals surface area contributed by atoms with Crippen molar-refractivity contribution in [3.05, 3.63) is 0 Å². The van der Waals surface area contributed by atoms with E-state index in [9.17, 15) is 0 Å². The van der Waals surface area contributed by atoms with Gasteiger partial charge in [0.15, 0.2) is 0 Å². The summed E-state index contributed by atoms with van der Waals surface area (Å²) in [5.41, 5.74) is 0. The Morgan fingerprint density at radius 3 is 1.20 bits per heavy atom. The minimum absolute atomic E-state index is 0. The van der Waals surface area contributed by atoms with Crippen LogP contribution in [0.5, 0.6) is 0 Å². The van der Waals surface area contributed by atoms with E-state index in [0.29, 0.717) is 0 Å². The number of hydrogen-bond donors (Lipinski definition) is 0. The van der Waals surface area contributed by atoms with Crippen LogP contribution < -0.4 is 29.6 Å². The molecule has 0 unspecified atom stereocenters. The molecule has 0 N–H and O–H groups in total. The predicted octanol–water partition coefficient (Wildman–Crippen LogP) is -3.89. The van der Waals surface area contributed by atoms with Crippen molar-refractivity contribution in [1.82, 2.24) is 0 Å². The van der Waals surface area contributed by atoms with Crippen LogP contribution >= 0.6 is 0 Å². The second kappa shape index (κ2) is 4.62. The zero-order valence-electron chi connectivity index (χ0n) is 3.63.